The topological polar surface area (TPSA) is 71.8 Å². The van der Waals surface area contributed by atoms with E-state index in [1.165, 1.54) is 5.56 Å². The van der Waals surface area contributed by atoms with Gasteiger partial charge in [0.15, 0.2) is 5.65 Å². The predicted octanol–water partition coefficient (Wildman–Crippen LogP) is 2.13. The summed E-state index contributed by atoms with van der Waals surface area (Å²) < 4.78 is 7.05. The van der Waals surface area contributed by atoms with Crippen molar-refractivity contribution in [3.8, 4) is 5.75 Å². The van der Waals surface area contributed by atoms with Gasteiger partial charge in [0, 0.05) is 31.9 Å². The molecular formula is C20H23N5O2. The molecule has 3 heterocycles. The van der Waals surface area contributed by atoms with Crippen molar-refractivity contribution < 1.29 is 9.53 Å². The number of nitrogens with zero attached hydrogens (tertiary/aromatic N) is 4. The first-order valence-electron chi connectivity index (χ1n) is 9.17. The first kappa shape index (κ1) is 17.5. The number of hydrogen-bond acceptors (Lipinski definition) is 5. The summed E-state index contributed by atoms with van der Waals surface area (Å²) in [7, 11) is 1.69. The van der Waals surface area contributed by atoms with Gasteiger partial charge in [0.05, 0.1) is 12.7 Å². The number of benzene rings is 1. The van der Waals surface area contributed by atoms with E-state index in [0.717, 1.165) is 43.9 Å². The van der Waals surface area contributed by atoms with E-state index in [0.29, 0.717) is 5.56 Å². The molecule has 1 N–H and O–H groups in total. The van der Waals surface area contributed by atoms with Crippen molar-refractivity contribution in [3.05, 3.63) is 60.0 Å². The molecule has 1 fully saturated rings. The number of ether oxygens (including phenoxy) is 1. The molecule has 0 aliphatic carbocycles. The highest BCUT2D eigenvalue weighted by Gasteiger charge is 2.21. The van der Waals surface area contributed by atoms with Crippen LogP contribution in [0.3, 0.4) is 0 Å². The monoisotopic (exact) mass is 365 g/mol. The van der Waals surface area contributed by atoms with Crippen LogP contribution in [-0.4, -0.2) is 51.6 Å². The van der Waals surface area contributed by atoms with Gasteiger partial charge in [0.1, 0.15) is 12.1 Å². The first-order chi connectivity index (χ1) is 13.2. The van der Waals surface area contributed by atoms with Crippen molar-refractivity contribution in [2.24, 2.45) is 0 Å². The number of likely N-dealkylation sites (tertiary alicyclic amines) is 1. The third-order valence-corrected chi connectivity index (χ3v) is 5.02. The van der Waals surface area contributed by atoms with Crippen LogP contribution >= 0.6 is 0 Å². The minimum Gasteiger partial charge on any atom is -0.497 e. The number of carbonyl (C=O) groups excluding carboxylic acids is 1. The van der Waals surface area contributed by atoms with Crippen LogP contribution in [0.25, 0.3) is 5.65 Å². The molecule has 0 atom stereocenters. The normalized spacial score (nSPS) is 15.7. The summed E-state index contributed by atoms with van der Waals surface area (Å²) in [6.45, 7) is 2.83. The van der Waals surface area contributed by atoms with Gasteiger partial charge in [0.2, 0.25) is 0 Å². The zero-order valence-corrected chi connectivity index (χ0v) is 15.3. The maximum atomic E-state index is 12.5. The molecule has 4 rings (SSSR count). The molecule has 1 saturated heterocycles. The van der Waals surface area contributed by atoms with Gasteiger partial charge >= 0.3 is 0 Å². The summed E-state index contributed by atoms with van der Waals surface area (Å²) in [5, 5.41) is 11.0. The van der Waals surface area contributed by atoms with Gasteiger partial charge in [-0.05, 0) is 42.7 Å². The van der Waals surface area contributed by atoms with Crippen LogP contribution < -0.4 is 10.1 Å². The van der Waals surface area contributed by atoms with E-state index in [4.69, 9.17) is 4.74 Å². The van der Waals surface area contributed by atoms with Gasteiger partial charge in [0.25, 0.3) is 5.91 Å². The summed E-state index contributed by atoms with van der Waals surface area (Å²) in [5.74, 6) is 0.844. The summed E-state index contributed by atoms with van der Waals surface area (Å²) in [4.78, 5) is 14.9. The Hall–Kier alpha value is -2.93. The van der Waals surface area contributed by atoms with Gasteiger partial charge in [-0.1, -0.05) is 12.1 Å². The van der Waals surface area contributed by atoms with Gasteiger partial charge in [-0.3, -0.25) is 14.1 Å². The number of carbonyl (C=O) groups is 1. The minimum atomic E-state index is -0.0446. The van der Waals surface area contributed by atoms with Crippen molar-refractivity contribution in [2.45, 2.75) is 25.4 Å². The lowest BCUT2D eigenvalue weighted by Crippen LogP contribution is -2.44. The third-order valence-electron chi connectivity index (χ3n) is 5.02. The maximum absolute atomic E-state index is 12.5. The van der Waals surface area contributed by atoms with Crippen molar-refractivity contribution in [3.63, 3.8) is 0 Å². The van der Waals surface area contributed by atoms with Crippen LogP contribution in [0.15, 0.2) is 48.9 Å². The van der Waals surface area contributed by atoms with E-state index in [1.54, 1.807) is 36.2 Å². The highest BCUT2D eigenvalue weighted by atomic mass is 16.5. The fraction of sp³-hybridized carbons (Fsp3) is 0.350. The van der Waals surface area contributed by atoms with Gasteiger partial charge in [-0.25, -0.2) is 0 Å². The Bertz CT molecular complexity index is 931. The number of methoxy groups -OCH3 is 1. The number of pyridine rings is 1. The quantitative estimate of drug-likeness (QED) is 0.750. The lowest BCUT2D eigenvalue weighted by atomic mass is 10.0. The zero-order chi connectivity index (χ0) is 18.6. The van der Waals surface area contributed by atoms with Crippen LogP contribution in [0.4, 0.5) is 0 Å². The number of piperidine rings is 1. The fourth-order valence-electron chi connectivity index (χ4n) is 3.49. The maximum Gasteiger partial charge on any atom is 0.252 e. The van der Waals surface area contributed by atoms with Gasteiger partial charge in [-0.2, -0.15) is 0 Å². The number of rotatable bonds is 5. The lowest BCUT2D eigenvalue weighted by molar-refractivity contribution is 0.0908. The number of amides is 1. The number of aromatic nitrogens is 3. The van der Waals surface area contributed by atoms with Gasteiger partial charge in [-0.15, -0.1) is 10.2 Å². The third kappa shape index (κ3) is 4.09. The molecule has 2 aromatic heterocycles. The molecule has 27 heavy (non-hydrogen) atoms. The Morgan fingerprint density at radius 2 is 2.11 bits per heavy atom. The van der Waals surface area contributed by atoms with E-state index < -0.39 is 0 Å². The molecule has 0 saturated carbocycles. The molecule has 1 aromatic carbocycles. The molecule has 0 radical (unpaired) electrons. The first-order valence-corrected chi connectivity index (χ1v) is 9.17. The second kappa shape index (κ2) is 7.75. The molecular weight excluding hydrogens is 342 g/mol. The van der Waals surface area contributed by atoms with E-state index in [-0.39, 0.29) is 11.9 Å². The van der Waals surface area contributed by atoms with E-state index in [9.17, 15) is 4.79 Å². The second-order valence-corrected chi connectivity index (χ2v) is 6.89. The second-order valence-electron chi connectivity index (χ2n) is 6.89. The lowest BCUT2D eigenvalue weighted by Gasteiger charge is -2.32. The highest BCUT2D eigenvalue weighted by Crippen LogP contribution is 2.18. The number of hydrogen-bond donors (Lipinski definition) is 1. The van der Waals surface area contributed by atoms with Crippen LogP contribution in [0.5, 0.6) is 5.75 Å². The smallest absolute Gasteiger partial charge is 0.252 e. The molecule has 0 bridgehead atoms. The fourth-order valence-corrected chi connectivity index (χ4v) is 3.49. The molecule has 7 nitrogen and oxygen atoms in total. The van der Waals surface area contributed by atoms with Crippen molar-refractivity contribution in [2.75, 3.05) is 20.2 Å². The largest absolute Gasteiger partial charge is 0.497 e. The standard InChI is InChI=1S/C20H23N5O2/c1-27-18-4-2-3-15(11-18)12-24-9-7-17(8-10-24)22-20(26)16-5-6-19-23-21-14-25(19)13-16/h2-6,11,13-14,17H,7-10,12H2,1H3,(H,22,26). The van der Waals surface area contributed by atoms with Crippen molar-refractivity contribution in [1.29, 1.82) is 0 Å². The van der Waals surface area contributed by atoms with Crippen molar-refractivity contribution >= 4 is 11.6 Å². The summed E-state index contributed by atoms with van der Waals surface area (Å²) in [6, 6.07) is 12.0. The average Bonchev–Trinajstić information content (AvgIpc) is 3.17. The van der Waals surface area contributed by atoms with Crippen LogP contribution in [0.2, 0.25) is 0 Å². The number of nitrogens with one attached hydrogen (secondary N) is 1. The van der Waals surface area contributed by atoms with E-state index >= 15 is 0 Å². The summed E-state index contributed by atoms with van der Waals surface area (Å²) in [6.07, 6.45) is 5.26. The average molecular weight is 365 g/mol. The summed E-state index contributed by atoms with van der Waals surface area (Å²) >= 11 is 0. The Morgan fingerprint density at radius 1 is 1.26 bits per heavy atom. The molecule has 0 spiro atoms. The molecule has 3 aromatic rings. The van der Waals surface area contributed by atoms with Crippen LogP contribution in [0.1, 0.15) is 28.8 Å². The van der Waals surface area contributed by atoms with Crippen LogP contribution in [0, 0.1) is 0 Å². The number of fused-ring (bicyclic) bond motifs is 1. The van der Waals surface area contributed by atoms with E-state index in [2.05, 4.69) is 32.5 Å². The Balaban J connectivity index is 1.30. The highest BCUT2D eigenvalue weighted by molar-refractivity contribution is 5.94. The molecule has 140 valence electrons. The Labute approximate surface area is 158 Å². The SMILES string of the molecule is COc1cccc(CN2CCC(NC(=O)c3ccc4nncn4c3)CC2)c1. The molecule has 1 aliphatic heterocycles. The summed E-state index contributed by atoms with van der Waals surface area (Å²) in [5.41, 5.74) is 2.61. The van der Waals surface area contributed by atoms with E-state index in [1.807, 2.05) is 12.1 Å². The Morgan fingerprint density at radius 3 is 2.93 bits per heavy atom. The molecule has 7 heteroatoms. The molecule has 1 aliphatic rings. The van der Waals surface area contributed by atoms with Crippen molar-refractivity contribution in [1.82, 2.24) is 24.8 Å². The predicted molar refractivity (Wildman–Crippen MR) is 102 cm³/mol. The molecule has 1 amide bonds. The zero-order valence-electron chi connectivity index (χ0n) is 15.3. The Kier molecular flexibility index (Phi) is 5.02. The minimum absolute atomic E-state index is 0.0446. The van der Waals surface area contributed by atoms with Crippen LogP contribution in [-0.2, 0) is 6.54 Å². The van der Waals surface area contributed by atoms with Gasteiger partial charge < -0.3 is 10.1 Å². The molecule has 0 unspecified atom stereocenters.